The van der Waals surface area contributed by atoms with Crippen LogP contribution in [0.3, 0.4) is 0 Å². The number of ether oxygens (including phenoxy) is 2. The number of barbiturate groups is 1. The van der Waals surface area contributed by atoms with Crippen molar-refractivity contribution in [2.24, 2.45) is 0 Å². The summed E-state index contributed by atoms with van der Waals surface area (Å²) >= 11 is 0. The van der Waals surface area contributed by atoms with Gasteiger partial charge >= 0.3 is 6.03 Å². The van der Waals surface area contributed by atoms with E-state index >= 15 is 0 Å². The Labute approximate surface area is 187 Å². The van der Waals surface area contributed by atoms with E-state index in [9.17, 15) is 14.4 Å². The Morgan fingerprint density at radius 3 is 2.44 bits per heavy atom. The Hall–Kier alpha value is -3.87. The van der Waals surface area contributed by atoms with Gasteiger partial charge in [0.2, 0.25) is 0 Å². The summed E-state index contributed by atoms with van der Waals surface area (Å²) in [5.74, 6) is -0.323. The van der Waals surface area contributed by atoms with Gasteiger partial charge in [-0.05, 0) is 62.6 Å². The maximum absolute atomic E-state index is 13.2. The second-order valence-electron chi connectivity index (χ2n) is 7.11. The van der Waals surface area contributed by atoms with Crippen LogP contribution in [0.1, 0.15) is 30.5 Å². The van der Waals surface area contributed by atoms with E-state index in [1.807, 2.05) is 26.0 Å². The zero-order valence-corrected chi connectivity index (χ0v) is 18.4. The third-order valence-corrected chi connectivity index (χ3v) is 4.88. The van der Waals surface area contributed by atoms with E-state index in [1.165, 1.54) is 6.08 Å². The Kier molecular flexibility index (Phi) is 7.10. The van der Waals surface area contributed by atoms with Gasteiger partial charge in [-0.3, -0.25) is 14.9 Å². The van der Waals surface area contributed by atoms with E-state index in [-0.39, 0.29) is 5.57 Å². The molecule has 0 unspecified atom stereocenters. The summed E-state index contributed by atoms with van der Waals surface area (Å²) < 4.78 is 11.5. The highest BCUT2D eigenvalue weighted by Crippen LogP contribution is 2.35. The molecule has 0 bridgehead atoms. The molecule has 1 aliphatic heterocycles. The molecule has 1 aliphatic rings. The molecule has 4 amide bonds. The number of carbonyl (C=O) groups is 3. The minimum Gasteiger partial charge on any atom is -0.490 e. The van der Waals surface area contributed by atoms with Gasteiger partial charge in [-0.15, -0.1) is 6.58 Å². The first kappa shape index (κ1) is 22.8. The van der Waals surface area contributed by atoms with E-state index in [4.69, 9.17) is 9.47 Å². The van der Waals surface area contributed by atoms with Crippen LogP contribution in [0.5, 0.6) is 11.5 Å². The number of aryl methyl sites for hydroxylation is 1. The van der Waals surface area contributed by atoms with Gasteiger partial charge in [0, 0.05) is 5.56 Å². The first-order valence-corrected chi connectivity index (χ1v) is 10.4. The molecule has 1 fully saturated rings. The SMILES string of the molecule is C=CCc1cc(/C=C2\C(=O)NC(=O)N(c3ccccc3C)C2=O)cc(OCC)c1OCC. The minimum atomic E-state index is -0.777. The Bertz CT molecular complexity index is 1100. The molecule has 2 aromatic rings. The highest BCUT2D eigenvalue weighted by atomic mass is 16.5. The molecule has 166 valence electrons. The zero-order chi connectivity index (χ0) is 23.3. The van der Waals surface area contributed by atoms with Gasteiger partial charge in [0.1, 0.15) is 5.57 Å². The predicted octanol–water partition coefficient (Wildman–Crippen LogP) is 4.19. The molecule has 0 spiro atoms. The average Bonchev–Trinajstić information content (AvgIpc) is 2.75. The number of carbonyl (C=O) groups excluding carboxylic acids is 3. The monoisotopic (exact) mass is 434 g/mol. The quantitative estimate of drug-likeness (QED) is 0.383. The Balaban J connectivity index is 2.10. The number of urea groups is 1. The molecule has 1 heterocycles. The Morgan fingerprint density at radius 2 is 1.78 bits per heavy atom. The largest absolute Gasteiger partial charge is 0.490 e. The predicted molar refractivity (Wildman–Crippen MR) is 123 cm³/mol. The summed E-state index contributed by atoms with van der Waals surface area (Å²) in [7, 11) is 0. The van der Waals surface area contributed by atoms with Crippen LogP contribution in [0.4, 0.5) is 10.5 Å². The molecular formula is C25H26N2O5. The van der Waals surface area contributed by atoms with Crippen LogP contribution < -0.4 is 19.7 Å². The van der Waals surface area contributed by atoms with E-state index in [0.29, 0.717) is 42.4 Å². The van der Waals surface area contributed by atoms with Crippen LogP contribution in [0, 0.1) is 6.92 Å². The second-order valence-corrected chi connectivity index (χ2v) is 7.11. The molecular weight excluding hydrogens is 408 g/mol. The van der Waals surface area contributed by atoms with Gasteiger partial charge in [-0.25, -0.2) is 9.69 Å². The van der Waals surface area contributed by atoms with Crippen molar-refractivity contribution in [3.63, 3.8) is 0 Å². The van der Waals surface area contributed by atoms with Crippen molar-refractivity contribution in [3.8, 4) is 11.5 Å². The van der Waals surface area contributed by atoms with Crippen molar-refractivity contribution < 1.29 is 23.9 Å². The fourth-order valence-corrected chi connectivity index (χ4v) is 3.50. The average molecular weight is 434 g/mol. The van der Waals surface area contributed by atoms with Gasteiger partial charge in [-0.2, -0.15) is 0 Å². The third-order valence-electron chi connectivity index (χ3n) is 4.88. The molecule has 7 nitrogen and oxygen atoms in total. The van der Waals surface area contributed by atoms with Crippen LogP contribution in [-0.4, -0.2) is 31.1 Å². The van der Waals surface area contributed by atoms with Crippen LogP contribution in [0.25, 0.3) is 6.08 Å². The first-order chi connectivity index (χ1) is 15.4. The molecule has 0 aliphatic carbocycles. The number of hydrogen-bond donors (Lipinski definition) is 1. The number of hydrogen-bond acceptors (Lipinski definition) is 5. The van der Waals surface area contributed by atoms with Gasteiger partial charge in [0.15, 0.2) is 11.5 Å². The summed E-state index contributed by atoms with van der Waals surface area (Å²) in [6.45, 7) is 10.2. The lowest BCUT2D eigenvalue weighted by Gasteiger charge is -2.27. The summed E-state index contributed by atoms with van der Waals surface area (Å²) in [6.07, 6.45) is 3.71. The van der Waals surface area contributed by atoms with Crippen LogP contribution >= 0.6 is 0 Å². The van der Waals surface area contributed by atoms with Gasteiger partial charge in [-0.1, -0.05) is 24.3 Å². The molecule has 2 aromatic carbocycles. The van der Waals surface area contributed by atoms with Crippen LogP contribution in [0.2, 0.25) is 0 Å². The van der Waals surface area contributed by atoms with Gasteiger partial charge < -0.3 is 9.47 Å². The smallest absolute Gasteiger partial charge is 0.335 e. The van der Waals surface area contributed by atoms with Crippen LogP contribution in [0.15, 0.2) is 54.6 Å². The maximum Gasteiger partial charge on any atom is 0.335 e. The zero-order valence-electron chi connectivity index (χ0n) is 18.4. The number of imide groups is 2. The van der Waals surface area contributed by atoms with E-state index in [0.717, 1.165) is 16.0 Å². The number of benzene rings is 2. The molecule has 1 N–H and O–H groups in total. The van der Waals surface area contributed by atoms with Crippen molar-refractivity contribution in [2.75, 3.05) is 18.1 Å². The standard InChI is InChI=1S/C25H26N2O5/c1-5-10-18-13-17(15-21(31-6-2)22(18)32-7-3)14-19-23(28)26-25(30)27(24(19)29)20-12-9-8-11-16(20)4/h5,8-9,11-15H,1,6-7,10H2,2-4H3,(H,26,28,30)/b19-14+. The van der Waals surface area contributed by atoms with Crippen molar-refractivity contribution in [3.05, 3.63) is 71.3 Å². The van der Waals surface area contributed by atoms with Crippen molar-refractivity contribution >= 4 is 29.6 Å². The lowest BCUT2D eigenvalue weighted by atomic mass is 10.0. The number of nitrogens with zero attached hydrogens (tertiary/aromatic N) is 1. The summed E-state index contributed by atoms with van der Waals surface area (Å²) in [5.41, 5.74) is 2.39. The number of anilines is 1. The van der Waals surface area contributed by atoms with E-state index in [1.54, 1.807) is 37.3 Å². The normalized spacial score (nSPS) is 15.0. The van der Waals surface area contributed by atoms with E-state index in [2.05, 4.69) is 11.9 Å². The number of allylic oxidation sites excluding steroid dienone is 1. The fraction of sp³-hybridized carbons (Fsp3) is 0.240. The first-order valence-electron chi connectivity index (χ1n) is 10.4. The molecule has 0 radical (unpaired) electrons. The molecule has 32 heavy (non-hydrogen) atoms. The minimum absolute atomic E-state index is 0.149. The lowest BCUT2D eigenvalue weighted by molar-refractivity contribution is -0.122. The second kappa shape index (κ2) is 9.96. The fourth-order valence-electron chi connectivity index (χ4n) is 3.50. The van der Waals surface area contributed by atoms with Crippen molar-refractivity contribution in [2.45, 2.75) is 27.2 Å². The molecule has 3 rings (SSSR count). The number of amides is 4. The highest BCUT2D eigenvalue weighted by Gasteiger charge is 2.37. The van der Waals surface area contributed by atoms with Gasteiger partial charge in [0.05, 0.1) is 18.9 Å². The topological polar surface area (TPSA) is 84.9 Å². The number of nitrogens with one attached hydrogen (secondary N) is 1. The van der Waals surface area contributed by atoms with E-state index < -0.39 is 17.8 Å². The number of para-hydroxylation sites is 1. The van der Waals surface area contributed by atoms with Gasteiger partial charge in [0.25, 0.3) is 11.8 Å². The number of rotatable bonds is 8. The summed E-state index contributed by atoms with van der Waals surface area (Å²) in [5, 5.41) is 2.25. The molecule has 0 saturated carbocycles. The maximum atomic E-state index is 13.2. The summed E-state index contributed by atoms with van der Waals surface area (Å²) in [4.78, 5) is 39.2. The highest BCUT2D eigenvalue weighted by molar-refractivity contribution is 6.39. The molecule has 7 heteroatoms. The van der Waals surface area contributed by atoms with Crippen molar-refractivity contribution in [1.29, 1.82) is 0 Å². The molecule has 0 atom stereocenters. The molecule has 0 aromatic heterocycles. The summed E-state index contributed by atoms with van der Waals surface area (Å²) in [6, 6.07) is 9.74. The van der Waals surface area contributed by atoms with Crippen LogP contribution in [-0.2, 0) is 16.0 Å². The van der Waals surface area contributed by atoms with Crippen molar-refractivity contribution in [1.82, 2.24) is 5.32 Å². The Morgan fingerprint density at radius 1 is 1.06 bits per heavy atom. The third kappa shape index (κ3) is 4.56. The lowest BCUT2D eigenvalue weighted by Crippen LogP contribution is -2.54. The molecule has 1 saturated heterocycles.